The van der Waals surface area contributed by atoms with Gasteiger partial charge in [-0.25, -0.2) is 4.79 Å². The van der Waals surface area contributed by atoms with Gasteiger partial charge < -0.3 is 21.7 Å². The molecule has 1 rings (SSSR count). The van der Waals surface area contributed by atoms with Gasteiger partial charge in [-0.1, -0.05) is 0 Å². The maximum absolute atomic E-state index is 11.3. The fraction of sp³-hybridized carbons (Fsp3) is 0.333. The van der Waals surface area contributed by atoms with Gasteiger partial charge in [0.05, 0.1) is 13.3 Å². The highest BCUT2D eigenvalue weighted by Crippen LogP contribution is 2.08. The molecule has 0 heterocycles. The van der Waals surface area contributed by atoms with Gasteiger partial charge in [0.2, 0.25) is 5.91 Å². The molecule has 0 fully saturated rings. The van der Waals surface area contributed by atoms with Crippen molar-refractivity contribution >= 4 is 17.6 Å². The fourth-order valence-corrected chi connectivity index (χ4v) is 1.27. The highest BCUT2D eigenvalue weighted by atomic mass is 16.2. The van der Waals surface area contributed by atoms with Crippen molar-refractivity contribution in [1.82, 2.24) is 15.5 Å². The first-order valence-electron chi connectivity index (χ1n) is 5.79. The predicted molar refractivity (Wildman–Crippen MR) is 73.7 cm³/mol. The molecule has 0 radical (unpaired) electrons. The molecule has 3 amide bonds. The summed E-state index contributed by atoms with van der Waals surface area (Å²) in [6.45, 7) is 0.758. The number of anilines is 1. The van der Waals surface area contributed by atoms with Crippen molar-refractivity contribution < 1.29 is 9.59 Å². The third-order valence-electron chi connectivity index (χ3n) is 2.27. The van der Waals surface area contributed by atoms with Crippen LogP contribution in [0.25, 0.3) is 0 Å². The Morgan fingerprint density at radius 3 is 2.32 bits per heavy atom. The van der Waals surface area contributed by atoms with E-state index < -0.39 is 5.91 Å². The van der Waals surface area contributed by atoms with E-state index >= 15 is 0 Å². The van der Waals surface area contributed by atoms with E-state index in [2.05, 4.69) is 16.0 Å². The second-order valence-electron chi connectivity index (χ2n) is 4.22. The average molecular weight is 265 g/mol. The highest BCUT2D eigenvalue weighted by molar-refractivity contribution is 5.93. The molecule has 0 aliphatic rings. The molecule has 19 heavy (non-hydrogen) atoms. The Balaban J connectivity index is 2.29. The fourth-order valence-electron chi connectivity index (χ4n) is 1.27. The summed E-state index contributed by atoms with van der Waals surface area (Å²) in [6.07, 6.45) is 0. The minimum atomic E-state index is -0.465. The molecule has 0 aromatic heterocycles. The Kier molecular flexibility index (Phi) is 5.62. The summed E-state index contributed by atoms with van der Waals surface area (Å²) in [5.41, 5.74) is 6.37. The van der Waals surface area contributed by atoms with Gasteiger partial charge in [-0.3, -0.25) is 9.69 Å². The van der Waals surface area contributed by atoms with Crippen LogP contribution in [0.1, 0.15) is 10.4 Å². The zero-order valence-corrected chi connectivity index (χ0v) is 11.1. The molecule has 7 nitrogen and oxygen atoms in total. The molecular formula is C12H19N5O2. The molecule has 0 saturated heterocycles. The lowest BCUT2D eigenvalue weighted by molar-refractivity contribution is 0.100. The number of amides is 3. The molecule has 0 atom stereocenters. The second kappa shape index (κ2) is 7.22. The first-order chi connectivity index (χ1) is 8.99. The monoisotopic (exact) mass is 265 g/mol. The van der Waals surface area contributed by atoms with Gasteiger partial charge in [-0.15, -0.1) is 0 Å². The van der Waals surface area contributed by atoms with Crippen LogP contribution < -0.4 is 21.7 Å². The number of nitrogens with one attached hydrogen (secondary N) is 3. The van der Waals surface area contributed by atoms with E-state index in [-0.39, 0.29) is 12.7 Å². The zero-order chi connectivity index (χ0) is 14.3. The number of primary amides is 1. The summed E-state index contributed by atoms with van der Waals surface area (Å²) in [7, 11) is 3.72. The number of hydrogen-bond acceptors (Lipinski definition) is 4. The zero-order valence-electron chi connectivity index (χ0n) is 11.1. The van der Waals surface area contributed by atoms with Crippen molar-refractivity contribution in [2.45, 2.75) is 0 Å². The lowest BCUT2D eigenvalue weighted by Crippen LogP contribution is -2.42. The van der Waals surface area contributed by atoms with Crippen LogP contribution in [0.2, 0.25) is 0 Å². The lowest BCUT2D eigenvalue weighted by atomic mass is 10.2. The number of nitrogens with two attached hydrogens (primary N) is 1. The summed E-state index contributed by atoms with van der Waals surface area (Å²) in [5, 5.41) is 8.30. The van der Waals surface area contributed by atoms with Crippen LogP contribution in [0.15, 0.2) is 24.3 Å². The molecule has 5 N–H and O–H groups in total. The minimum absolute atomic E-state index is 0.255. The summed E-state index contributed by atoms with van der Waals surface area (Å²) in [5.74, 6) is -0.465. The van der Waals surface area contributed by atoms with Crippen LogP contribution in [-0.2, 0) is 0 Å². The van der Waals surface area contributed by atoms with Gasteiger partial charge in [0, 0.05) is 11.3 Å². The van der Waals surface area contributed by atoms with Gasteiger partial charge in [-0.2, -0.15) is 0 Å². The lowest BCUT2D eigenvalue weighted by Gasteiger charge is -2.13. The van der Waals surface area contributed by atoms with E-state index in [1.54, 1.807) is 24.3 Å². The van der Waals surface area contributed by atoms with E-state index in [0.717, 1.165) is 5.69 Å². The van der Waals surface area contributed by atoms with E-state index in [4.69, 9.17) is 5.73 Å². The van der Waals surface area contributed by atoms with Crippen molar-refractivity contribution in [3.8, 4) is 0 Å². The van der Waals surface area contributed by atoms with Crippen molar-refractivity contribution in [3.63, 3.8) is 0 Å². The van der Waals surface area contributed by atoms with Crippen LogP contribution in [0, 0.1) is 0 Å². The average Bonchev–Trinajstić information content (AvgIpc) is 2.37. The number of carbonyl (C=O) groups is 2. The van der Waals surface area contributed by atoms with Crippen LogP contribution >= 0.6 is 0 Å². The Morgan fingerprint density at radius 2 is 1.79 bits per heavy atom. The van der Waals surface area contributed by atoms with Gasteiger partial charge in [0.25, 0.3) is 0 Å². The molecule has 0 aliphatic heterocycles. The van der Waals surface area contributed by atoms with Crippen LogP contribution in [-0.4, -0.2) is 44.3 Å². The Labute approximate surface area is 112 Å². The highest BCUT2D eigenvalue weighted by Gasteiger charge is 2.01. The first kappa shape index (κ1) is 14.8. The SMILES string of the molecule is CN(C)CNC(=O)NCNc1ccc(C(N)=O)cc1. The molecule has 0 unspecified atom stereocenters. The number of hydrogen-bond donors (Lipinski definition) is 4. The van der Waals surface area contributed by atoms with E-state index in [1.807, 2.05) is 19.0 Å². The standard InChI is InChI=1S/C12H19N5O2/c1-17(2)8-16-12(19)15-7-14-10-5-3-9(4-6-10)11(13)18/h3-6,14H,7-8H2,1-2H3,(H2,13,18)(H2,15,16,19). The maximum atomic E-state index is 11.3. The Hall–Kier alpha value is -2.28. The number of urea groups is 1. The normalized spacial score (nSPS) is 10.1. The van der Waals surface area contributed by atoms with Crippen molar-refractivity contribution in [3.05, 3.63) is 29.8 Å². The third-order valence-corrected chi connectivity index (χ3v) is 2.27. The van der Waals surface area contributed by atoms with Crippen molar-refractivity contribution in [1.29, 1.82) is 0 Å². The summed E-state index contributed by atoms with van der Waals surface area (Å²) in [4.78, 5) is 24.0. The van der Waals surface area contributed by atoms with Gasteiger partial charge in [-0.05, 0) is 38.4 Å². The van der Waals surface area contributed by atoms with Crippen molar-refractivity contribution in [2.24, 2.45) is 5.73 Å². The first-order valence-corrected chi connectivity index (χ1v) is 5.79. The van der Waals surface area contributed by atoms with E-state index in [0.29, 0.717) is 12.2 Å². The number of carbonyl (C=O) groups excluding carboxylic acids is 2. The Morgan fingerprint density at radius 1 is 1.16 bits per heavy atom. The molecule has 1 aromatic rings. The Bertz CT molecular complexity index is 430. The van der Waals surface area contributed by atoms with Gasteiger partial charge >= 0.3 is 6.03 Å². The summed E-state index contributed by atoms with van der Waals surface area (Å²) in [6, 6.07) is 6.43. The second-order valence-corrected chi connectivity index (χ2v) is 4.22. The van der Waals surface area contributed by atoms with E-state index in [1.165, 1.54) is 0 Å². The summed E-state index contributed by atoms with van der Waals surface area (Å²) >= 11 is 0. The molecular weight excluding hydrogens is 246 g/mol. The van der Waals surface area contributed by atoms with E-state index in [9.17, 15) is 9.59 Å². The van der Waals surface area contributed by atoms with Gasteiger partial charge in [0.15, 0.2) is 0 Å². The van der Waals surface area contributed by atoms with Crippen LogP contribution in [0.3, 0.4) is 0 Å². The molecule has 0 saturated carbocycles. The minimum Gasteiger partial charge on any atom is -0.368 e. The summed E-state index contributed by atoms with van der Waals surface area (Å²) < 4.78 is 0. The number of rotatable bonds is 6. The largest absolute Gasteiger partial charge is 0.368 e. The molecule has 0 spiro atoms. The number of benzene rings is 1. The molecule has 0 bridgehead atoms. The third kappa shape index (κ3) is 5.73. The molecule has 0 aliphatic carbocycles. The molecule has 1 aromatic carbocycles. The quantitative estimate of drug-likeness (QED) is 0.543. The predicted octanol–water partition coefficient (Wildman–Crippen LogP) is -0.0268. The maximum Gasteiger partial charge on any atom is 0.317 e. The van der Waals surface area contributed by atoms with Crippen molar-refractivity contribution in [2.75, 3.05) is 32.7 Å². The smallest absolute Gasteiger partial charge is 0.317 e. The molecule has 104 valence electrons. The van der Waals surface area contributed by atoms with Crippen LogP contribution in [0.4, 0.5) is 10.5 Å². The molecule has 7 heteroatoms. The number of nitrogens with zero attached hydrogens (tertiary/aromatic N) is 1. The van der Waals surface area contributed by atoms with Gasteiger partial charge in [0.1, 0.15) is 0 Å². The van der Waals surface area contributed by atoms with Crippen LogP contribution in [0.5, 0.6) is 0 Å². The topological polar surface area (TPSA) is 99.5 Å².